The second-order valence-corrected chi connectivity index (χ2v) is 5.86. The molecule has 128 valence electrons. The van der Waals surface area contributed by atoms with Gasteiger partial charge in [0.15, 0.2) is 0 Å². The molecule has 2 aromatic rings. The Hall–Kier alpha value is -2.83. The number of nitrogens with one attached hydrogen (secondary N) is 3. The van der Waals surface area contributed by atoms with Gasteiger partial charge in [0, 0.05) is 7.05 Å². The molecule has 0 spiro atoms. The van der Waals surface area contributed by atoms with Crippen molar-refractivity contribution >= 4 is 11.8 Å². The molecule has 0 saturated carbocycles. The average molecular weight is 331 g/mol. The van der Waals surface area contributed by atoms with Crippen molar-refractivity contribution in [2.75, 3.05) is 7.05 Å². The topological polar surface area (TPSA) is 104 Å². The zero-order chi connectivity index (χ0) is 17.7. The van der Waals surface area contributed by atoms with Crippen molar-refractivity contribution in [2.24, 2.45) is 5.92 Å². The van der Waals surface area contributed by atoms with Gasteiger partial charge in [-0.15, -0.1) is 0 Å². The van der Waals surface area contributed by atoms with Crippen LogP contribution < -0.4 is 16.2 Å². The summed E-state index contributed by atoms with van der Waals surface area (Å²) in [6, 6.07) is 5.73. The maximum absolute atomic E-state index is 12.3. The minimum absolute atomic E-state index is 0.0528. The predicted molar refractivity (Wildman–Crippen MR) is 89.5 cm³/mol. The van der Waals surface area contributed by atoms with Crippen LogP contribution in [0.15, 0.2) is 39.7 Å². The summed E-state index contributed by atoms with van der Waals surface area (Å²) < 4.78 is 5.21. The first-order valence-corrected chi connectivity index (χ1v) is 7.72. The highest BCUT2D eigenvalue weighted by atomic mass is 16.3. The summed E-state index contributed by atoms with van der Waals surface area (Å²) in [5.74, 6) is -0.161. The predicted octanol–water partition coefficient (Wildman–Crippen LogP) is 1.53. The Balaban J connectivity index is 2.19. The van der Waals surface area contributed by atoms with Gasteiger partial charge in [0.05, 0.1) is 12.0 Å². The number of rotatable bonds is 6. The molecule has 0 aliphatic rings. The third-order valence-electron chi connectivity index (χ3n) is 3.52. The van der Waals surface area contributed by atoms with E-state index in [2.05, 4.69) is 15.6 Å². The van der Waals surface area contributed by atoms with Crippen molar-refractivity contribution in [2.45, 2.75) is 26.3 Å². The summed E-state index contributed by atoms with van der Waals surface area (Å²) in [4.78, 5) is 39.0. The molecular weight excluding hydrogens is 310 g/mol. The maximum atomic E-state index is 12.3. The van der Waals surface area contributed by atoms with E-state index in [1.807, 2.05) is 13.8 Å². The van der Waals surface area contributed by atoms with Gasteiger partial charge in [0.1, 0.15) is 17.4 Å². The number of furan rings is 1. The number of carbonyl (C=O) groups excluding carboxylic acids is 2. The van der Waals surface area contributed by atoms with Crippen molar-refractivity contribution < 1.29 is 14.0 Å². The molecule has 24 heavy (non-hydrogen) atoms. The van der Waals surface area contributed by atoms with E-state index in [9.17, 15) is 14.4 Å². The highest BCUT2D eigenvalue weighted by Gasteiger charge is 2.23. The van der Waals surface area contributed by atoms with Crippen LogP contribution in [0.4, 0.5) is 0 Å². The van der Waals surface area contributed by atoms with E-state index < -0.39 is 17.5 Å². The Morgan fingerprint density at radius 1 is 1.25 bits per heavy atom. The zero-order valence-electron chi connectivity index (χ0n) is 13.9. The van der Waals surface area contributed by atoms with Gasteiger partial charge < -0.3 is 20.0 Å². The van der Waals surface area contributed by atoms with Crippen LogP contribution in [0.3, 0.4) is 0 Å². The van der Waals surface area contributed by atoms with E-state index in [-0.39, 0.29) is 17.4 Å². The highest BCUT2D eigenvalue weighted by Crippen LogP contribution is 2.15. The largest absolute Gasteiger partial charge is 0.463 e. The van der Waals surface area contributed by atoms with E-state index in [4.69, 9.17) is 4.42 Å². The normalized spacial score (nSPS) is 12.0. The fourth-order valence-corrected chi connectivity index (χ4v) is 2.34. The van der Waals surface area contributed by atoms with Gasteiger partial charge >= 0.3 is 0 Å². The highest BCUT2D eigenvalue weighted by molar-refractivity contribution is 5.97. The van der Waals surface area contributed by atoms with E-state index in [1.165, 1.54) is 19.4 Å². The third-order valence-corrected chi connectivity index (χ3v) is 3.52. The molecule has 2 aromatic heterocycles. The monoisotopic (exact) mass is 331 g/mol. The van der Waals surface area contributed by atoms with Crippen LogP contribution in [0, 0.1) is 5.92 Å². The molecule has 7 heteroatoms. The Morgan fingerprint density at radius 3 is 2.54 bits per heavy atom. The van der Waals surface area contributed by atoms with Crippen molar-refractivity contribution in [3.05, 3.63) is 46.4 Å². The van der Waals surface area contributed by atoms with E-state index in [0.29, 0.717) is 17.9 Å². The van der Waals surface area contributed by atoms with Crippen LogP contribution in [-0.4, -0.2) is 29.9 Å². The Labute approximate surface area is 139 Å². The molecular formula is C17H21N3O4. The van der Waals surface area contributed by atoms with Crippen molar-refractivity contribution in [3.8, 4) is 11.5 Å². The first kappa shape index (κ1) is 17.5. The molecule has 0 aliphatic carbocycles. The summed E-state index contributed by atoms with van der Waals surface area (Å²) in [5, 5.41) is 5.13. The molecule has 2 rings (SSSR count). The zero-order valence-corrected chi connectivity index (χ0v) is 13.9. The van der Waals surface area contributed by atoms with Gasteiger partial charge in [-0.05, 0) is 36.6 Å². The van der Waals surface area contributed by atoms with Gasteiger partial charge in [-0.3, -0.25) is 14.4 Å². The number of likely N-dealkylation sites (N-methyl/N-ethyl adjacent to an activating group) is 1. The number of carbonyl (C=O) groups is 2. The molecule has 2 heterocycles. The number of amides is 2. The van der Waals surface area contributed by atoms with Crippen LogP contribution in [0.25, 0.3) is 11.5 Å². The van der Waals surface area contributed by atoms with Crippen molar-refractivity contribution in [1.29, 1.82) is 0 Å². The van der Waals surface area contributed by atoms with Crippen LogP contribution in [-0.2, 0) is 4.79 Å². The lowest BCUT2D eigenvalue weighted by molar-refractivity contribution is -0.122. The molecule has 2 amide bonds. The second-order valence-electron chi connectivity index (χ2n) is 5.86. The van der Waals surface area contributed by atoms with Crippen LogP contribution in [0.1, 0.15) is 30.6 Å². The molecule has 0 fully saturated rings. The molecule has 0 aromatic carbocycles. The summed E-state index contributed by atoms with van der Waals surface area (Å²) in [6.07, 6.45) is 1.97. The first-order chi connectivity index (χ1) is 11.4. The van der Waals surface area contributed by atoms with Gasteiger partial charge in [0.25, 0.3) is 11.5 Å². The molecule has 0 bridgehead atoms. The fraction of sp³-hybridized carbons (Fsp3) is 0.353. The lowest BCUT2D eigenvalue weighted by atomic mass is 10.0. The molecule has 0 saturated heterocycles. The number of pyridine rings is 1. The second kappa shape index (κ2) is 7.63. The quantitative estimate of drug-likeness (QED) is 0.746. The van der Waals surface area contributed by atoms with Crippen molar-refractivity contribution in [1.82, 2.24) is 15.6 Å². The van der Waals surface area contributed by atoms with E-state index in [1.54, 1.807) is 18.2 Å². The van der Waals surface area contributed by atoms with Gasteiger partial charge in [-0.2, -0.15) is 0 Å². The lowest BCUT2D eigenvalue weighted by Crippen LogP contribution is -2.47. The van der Waals surface area contributed by atoms with Crippen molar-refractivity contribution in [3.63, 3.8) is 0 Å². The van der Waals surface area contributed by atoms with Crippen LogP contribution in [0.5, 0.6) is 0 Å². The Kier molecular flexibility index (Phi) is 5.57. The summed E-state index contributed by atoms with van der Waals surface area (Å²) >= 11 is 0. The third kappa shape index (κ3) is 4.13. The SMILES string of the molecule is CNC(=O)[C@H](CC(C)C)NC(=O)c1ccc(-c2ccco2)[nH]c1=O. The molecule has 0 unspecified atom stereocenters. The molecule has 0 radical (unpaired) electrons. The fourth-order valence-electron chi connectivity index (χ4n) is 2.34. The number of hydrogen-bond donors (Lipinski definition) is 3. The molecule has 0 aliphatic heterocycles. The van der Waals surface area contributed by atoms with Gasteiger partial charge in [-0.25, -0.2) is 0 Å². The summed E-state index contributed by atoms with van der Waals surface area (Å²) in [5.41, 5.74) is -0.115. The first-order valence-electron chi connectivity index (χ1n) is 7.72. The molecule has 3 N–H and O–H groups in total. The standard InChI is InChI=1S/C17H21N3O4/c1-10(2)9-13(17(23)18-3)20-16(22)11-6-7-12(19-15(11)21)14-5-4-8-24-14/h4-8,10,13H,9H2,1-3H3,(H,18,23)(H,19,21)(H,20,22)/t13-/m0/s1. The molecule has 7 nitrogen and oxygen atoms in total. The number of H-pyrrole nitrogens is 1. The van der Waals surface area contributed by atoms with E-state index >= 15 is 0 Å². The summed E-state index contributed by atoms with van der Waals surface area (Å²) in [7, 11) is 1.51. The number of aromatic nitrogens is 1. The van der Waals surface area contributed by atoms with Gasteiger partial charge in [-0.1, -0.05) is 13.8 Å². The average Bonchev–Trinajstić information content (AvgIpc) is 3.07. The van der Waals surface area contributed by atoms with Gasteiger partial charge in [0.2, 0.25) is 5.91 Å². The van der Waals surface area contributed by atoms with Crippen LogP contribution >= 0.6 is 0 Å². The Bertz CT molecular complexity index is 762. The smallest absolute Gasteiger partial charge is 0.261 e. The lowest BCUT2D eigenvalue weighted by Gasteiger charge is -2.19. The number of aromatic amines is 1. The maximum Gasteiger partial charge on any atom is 0.261 e. The minimum atomic E-state index is -0.688. The minimum Gasteiger partial charge on any atom is -0.463 e. The van der Waals surface area contributed by atoms with Crippen LogP contribution in [0.2, 0.25) is 0 Å². The Morgan fingerprint density at radius 2 is 2.00 bits per heavy atom. The van der Waals surface area contributed by atoms with E-state index in [0.717, 1.165) is 0 Å². The summed E-state index contributed by atoms with van der Waals surface area (Å²) in [6.45, 7) is 3.90. The molecule has 1 atom stereocenters. The number of hydrogen-bond acceptors (Lipinski definition) is 4.